The molecule has 1 aromatic rings. The molecule has 0 saturated carbocycles. The van der Waals surface area contributed by atoms with E-state index in [1.807, 2.05) is 0 Å². The molecular weight excluding hydrogens is 110 g/mol. The van der Waals surface area contributed by atoms with E-state index in [1.165, 1.54) is 7.05 Å². The Hall–Kier alpha value is -1.26. The molecule has 1 rings (SSSR count). The number of aryl methyl sites for hydroxylation is 1. The number of hydrogen-bond donors (Lipinski definition) is 1. The largest absolute Gasteiger partial charge is 0.438 e. The lowest BCUT2D eigenvalue weighted by molar-refractivity contribution is 0.509. The van der Waals surface area contributed by atoms with Gasteiger partial charge in [-0.3, -0.25) is 0 Å². The Morgan fingerprint density at radius 3 is 2.62 bits per heavy atom. The topological polar surface area (TPSA) is 74.1 Å². The predicted molar refractivity (Wildman–Crippen MR) is 26.2 cm³/mol. The highest BCUT2D eigenvalue weighted by Gasteiger charge is 1.95. The third-order valence-corrected chi connectivity index (χ3v) is 0.705. The first-order chi connectivity index (χ1) is 3.70. The van der Waals surface area contributed by atoms with Crippen LogP contribution in [0.1, 0.15) is 0 Å². The average Bonchev–Trinajstić information content (AvgIpc) is 1.85. The second-order valence-electron chi connectivity index (χ2n) is 1.33. The molecular formula is C3H5N3O2. The van der Waals surface area contributed by atoms with Crippen LogP contribution in [0.2, 0.25) is 0 Å². The van der Waals surface area contributed by atoms with Gasteiger partial charge in [0.25, 0.3) is 0 Å². The van der Waals surface area contributed by atoms with Gasteiger partial charge in [0.1, 0.15) is 0 Å². The lowest BCUT2D eigenvalue weighted by Crippen LogP contribution is -2.09. The van der Waals surface area contributed by atoms with Crippen LogP contribution in [0.15, 0.2) is 9.21 Å². The summed E-state index contributed by atoms with van der Waals surface area (Å²) < 4.78 is 5.31. The van der Waals surface area contributed by atoms with Crippen molar-refractivity contribution in [2.45, 2.75) is 0 Å². The highest BCUT2D eigenvalue weighted by atomic mass is 16.4. The van der Waals surface area contributed by atoms with E-state index in [2.05, 4.69) is 9.52 Å². The number of rotatable bonds is 0. The predicted octanol–water partition coefficient (Wildman–Crippen LogP) is -1.04. The number of nitrogens with zero attached hydrogens (tertiary/aromatic N) is 2. The molecule has 0 aliphatic rings. The van der Waals surface area contributed by atoms with Crippen LogP contribution < -0.4 is 11.5 Å². The van der Waals surface area contributed by atoms with E-state index in [-0.39, 0.29) is 6.01 Å². The standard InChI is InChI=1S/C3H5N3O2/c1-6-3(7)8-2(4)5-6/h1H3,(H2,4,5). The number of anilines is 1. The molecule has 0 aliphatic carbocycles. The van der Waals surface area contributed by atoms with E-state index in [1.54, 1.807) is 0 Å². The molecule has 5 nitrogen and oxygen atoms in total. The fourth-order valence-corrected chi connectivity index (χ4v) is 0.365. The van der Waals surface area contributed by atoms with Gasteiger partial charge in [-0.2, -0.15) is 4.68 Å². The van der Waals surface area contributed by atoms with Crippen molar-refractivity contribution in [3.63, 3.8) is 0 Å². The molecule has 2 N–H and O–H groups in total. The van der Waals surface area contributed by atoms with Crippen LogP contribution >= 0.6 is 0 Å². The smallest absolute Gasteiger partial charge is 0.373 e. The Morgan fingerprint density at radius 1 is 1.88 bits per heavy atom. The Bertz CT molecular complexity index is 235. The molecule has 0 fully saturated rings. The number of nitrogens with two attached hydrogens (primary N) is 1. The number of hydrogen-bond acceptors (Lipinski definition) is 4. The Kier molecular flexibility index (Phi) is 0.831. The first kappa shape index (κ1) is 4.89. The summed E-state index contributed by atoms with van der Waals surface area (Å²) in [6, 6.07) is -0.0995. The van der Waals surface area contributed by atoms with Gasteiger partial charge in [-0.25, -0.2) is 4.79 Å². The molecule has 0 atom stereocenters. The van der Waals surface area contributed by atoms with E-state index < -0.39 is 5.76 Å². The van der Waals surface area contributed by atoms with Crippen LogP contribution in [-0.4, -0.2) is 9.78 Å². The molecule has 0 amide bonds. The normalized spacial score (nSPS) is 9.62. The molecule has 0 spiro atoms. The zero-order valence-electron chi connectivity index (χ0n) is 4.29. The molecule has 1 aromatic heterocycles. The summed E-state index contributed by atoms with van der Waals surface area (Å²) in [7, 11) is 1.46. The molecule has 0 radical (unpaired) electrons. The third-order valence-electron chi connectivity index (χ3n) is 0.705. The van der Waals surface area contributed by atoms with Gasteiger partial charge < -0.3 is 10.2 Å². The molecule has 5 heteroatoms. The van der Waals surface area contributed by atoms with Crippen molar-refractivity contribution in [1.82, 2.24) is 9.78 Å². The second kappa shape index (κ2) is 1.36. The first-order valence-electron chi connectivity index (χ1n) is 2.00. The van der Waals surface area contributed by atoms with Gasteiger partial charge in [-0.15, -0.1) is 5.10 Å². The van der Waals surface area contributed by atoms with Crippen molar-refractivity contribution in [1.29, 1.82) is 0 Å². The summed E-state index contributed by atoms with van der Waals surface area (Å²) in [5.74, 6) is -0.539. The number of nitrogen functional groups attached to an aromatic ring is 1. The molecule has 8 heavy (non-hydrogen) atoms. The minimum Gasteiger partial charge on any atom is -0.373 e. The summed E-state index contributed by atoms with van der Waals surface area (Å²) >= 11 is 0. The molecule has 44 valence electrons. The molecule has 0 unspecified atom stereocenters. The fraction of sp³-hybridized carbons (Fsp3) is 0.333. The lowest BCUT2D eigenvalue weighted by Gasteiger charge is -1.73. The van der Waals surface area contributed by atoms with Crippen LogP contribution in [-0.2, 0) is 7.05 Å². The quantitative estimate of drug-likeness (QED) is 0.468. The van der Waals surface area contributed by atoms with Gasteiger partial charge in [0.15, 0.2) is 0 Å². The van der Waals surface area contributed by atoms with E-state index in [0.717, 1.165) is 4.68 Å². The lowest BCUT2D eigenvalue weighted by atomic mass is 11.2. The van der Waals surface area contributed by atoms with Crippen molar-refractivity contribution < 1.29 is 4.42 Å². The minimum atomic E-state index is -0.539. The Morgan fingerprint density at radius 2 is 2.50 bits per heavy atom. The first-order valence-corrected chi connectivity index (χ1v) is 2.00. The van der Waals surface area contributed by atoms with E-state index in [0.29, 0.717) is 0 Å². The van der Waals surface area contributed by atoms with Gasteiger partial charge in [-0.1, -0.05) is 0 Å². The van der Waals surface area contributed by atoms with Gasteiger partial charge in [0, 0.05) is 7.05 Å². The number of aromatic nitrogens is 2. The summed E-state index contributed by atoms with van der Waals surface area (Å²) in [6.07, 6.45) is 0. The molecule has 0 saturated heterocycles. The van der Waals surface area contributed by atoms with Gasteiger partial charge >= 0.3 is 11.8 Å². The van der Waals surface area contributed by atoms with Crippen molar-refractivity contribution >= 4 is 6.01 Å². The molecule has 0 aromatic carbocycles. The van der Waals surface area contributed by atoms with Gasteiger partial charge in [-0.05, 0) is 0 Å². The Labute approximate surface area is 44.7 Å². The highest BCUT2D eigenvalue weighted by molar-refractivity contribution is 5.02. The summed E-state index contributed by atoms with van der Waals surface area (Å²) in [5.41, 5.74) is 4.98. The fourth-order valence-electron chi connectivity index (χ4n) is 0.365. The maximum absolute atomic E-state index is 10.3. The van der Waals surface area contributed by atoms with Crippen molar-refractivity contribution in [2.24, 2.45) is 7.05 Å². The Balaban J connectivity index is 3.35. The van der Waals surface area contributed by atoms with Crippen LogP contribution in [0, 0.1) is 0 Å². The third kappa shape index (κ3) is 0.575. The zero-order valence-corrected chi connectivity index (χ0v) is 4.29. The zero-order chi connectivity index (χ0) is 6.15. The van der Waals surface area contributed by atoms with Crippen LogP contribution in [0.5, 0.6) is 0 Å². The SMILES string of the molecule is Cn1nc(N)oc1=O. The van der Waals surface area contributed by atoms with Crippen molar-refractivity contribution in [2.75, 3.05) is 5.73 Å². The second-order valence-corrected chi connectivity index (χ2v) is 1.33. The van der Waals surface area contributed by atoms with Crippen molar-refractivity contribution in [3.8, 4) is 0 Å². The van der Waals surface area contributed by atoms with E-state index in [4.69, 9.17) is 5.73 Å². The minimum absolute atomic E-state index is 0.0995. The van der Waals surface area contributed by atoms with E-state index >= 15 is 0 Å². The monoisotopic (exact) mass is 115 g/mol. The van der Waals surface area contributed by atoms with Crippen LogP contribution in [0.3, 0.4) is 0 Å². The van der Waals surface area contributed by atoms with Gasteiger partial charge in [0.05, 0.1) is 0 Å². The highest BCUT2D eigenvalue weighted by Crippen LogP contribution is 1.83. The maximum Gasteiger partial charge on any atom is 0.438 e. The molecule has 1 heterocycles. The van der Waals surface area contributed by atoms with Crippen molar-refractivity contribution in [3.05, 3.63) is 10.6 Å². The summed E-state index contributed by atoms with van der Waals surface area (Å²) in [5, 5.41) is 3.43. The van der Waals surface area contributed by atoms with Crippen LogP contribution in [0.4, 0.5) is 6.01 Å². The van der Waals surface area contributed by atoms with E-state index in [9.17, 15) is 4.79 Å². The summed E-state index contributed by atoms with van der Waals surface area (Å²) in [4.78, 5) is 10.3. The summed E-state index contributed by atoms with van der Waals surface area (Å²) in [6.45, 7) is 0. The molecule has 0 bridgehead atoms. The van der Waals surface area contributed by atoms with Crippen LogP contribution in [0.25, 0.3) is 0 Å². The average molecular weight is 115 g/mol. The van der Waals surface area contributed by atoms with Gasteiger partial charge in [0.2, 0.25) is 0 Å². The maximum atomic E-state index is 10.3. The molecule has 0 aliphatic heterocycles.